The highest BCUT2D eigenvalue weighted by molar-refractivity contribution is 5.79. The monoisotopic (exact) mass is 303 g/mol. The summed E-state index contributed by atoms with van der Waals surface area (Å²) in [5.41, 5.74) is -0.981. The van der Waals surface area contributed by atoms with Gasteiger partial charge in [0, 0.05) is 20.1 Å². The topological polar surface area (TPSA) is 36.4 Å². The van der Waals surface area contributed by atoms with Gasteiger partial charge in [-0.1, -0.05) is 6.07 Å². The second-order valence-electron chi connectivity index (χ2n) is 5.05. The molecular formula is C14H17F4N3. The van der Waals surface area contributed by atoms with Crippen molar-refractivity contribution in [3.8, 4) is 0 Å². The molecule has 116 valence electrons. The van der Waals surface area contributed by atoms with Crippen molar-refractivity contribution in [1.29, 1.82) is 0 Å². The Morgan fingerprint density at radius 3 is 2.57 bits per heavy atom. The summed E-state index contributed by atoms with van der Waals surface area (Å²) in [6.45, 7) is 0.689. The lowest BCUT2D eigenvalue weighted by molar-refractivity contribution is -0.138. The number of aliphatic imine (C=N–C) groups is 1. The maximum atomic E-state index is 13.0. The second-order valence-corrected chi connectivity index (χ2v) is 5.05. The second kappa shape index (κ2) is 6.32. The van der Waals surface area contributed by atoms with Crippen LogP contribution in [0.4, 0.5) is 17.6 Å². The molecule has 1 aliphatic rings. The number of hydrogen-bond acceptors (Lipinski definition) is 1. The third-order valence-electron chi connectivity index (χ3n) is 3.30. The first-order valence-electron chi connectivity index (χ1n) is 6.70. The maximum absolute atomic E-state index is 13.0. The normalized spacial score (nSPS) is 16.0. The molecule has 0 spiro atoms. The van der Waals surface area contributed by atoms with Crippen LogP contribution in [-0.4, -0.2) is 19.6 Å². The van der Waals surface area contributed by atoms with E-state index in [9.17, 15) is 17.6 Å². The minimum atomic E-state index is -4.58. The first kappa shape index (κ1) is 15.6. The molecule has 0 radical (unpaired) electrons. The molecule has 21 heavy (non-hydrogen) atoms. The van der Waals surface area contributed by atoms with E-state index < -0.39 is 17.6 Å². The average molecular weight is 303 g/mol. The van der Waals surface area contributed by atoms with Crippen LogP contribution in [-0.2, 0) is 12.7 Å². The SMILES string of the molecule is CN=C(NCc1ccc(F)cc1C(F)(F)F)NCC1CC1. The van der Waals surface area contributed by atoms with Crippen LogP contribution < -0.4 is 10.6 Å². The van der Waals surface area contributed by atoms with Gasteiger partial charge < -0.3 is 10.6 Å². The number of halogens is 4. The fraction of sp³-hybridized carbons (Fsp3) is 0.500. The van der Waals surface area contributed by atoms with E-state index in [1.54, 1.807) is 7.05 Å². The van der Waals surface area contributed by atoms with E-state index in [-0.39, 0.29) is 12.1 Å². The molecule has 0 heterocycles. The van der Waals surface area contributed by atoms with E-state index in [4.69, 9.17) is 0 Å². The van der Waals surface area contributed by atoms with Crippen molar-refractivity contribution in [1.82, 2.24) is 10.6 Å². The number of rotatable bonds is 4. The van der Waals surface area contributed by atoms with Crippen LogP contribution in [0.5, 0.6) is 0 Å². The molecular weight excluding hydrogens is 286 g/mol. The van der Waals surface area contributed by atoms with Gasteiger partial charge in [0.25, 0.3) is 0 Å². The molecule has 1 fully saturated rings. The van der Waals surface area contributed by atoms with Crippen molar-refractivity contribution in [2.24, 2.45) is 10.9 Å². The van der Waals surface area contributed by atoms with Crippen molar-refractivity contribution in [2.75, 3.05) is 13.6 Å². The summed E-state index contributed by atoms with van der Waals surface area (Å²) in [4.78, 5) is 3.95. The van der Waals surface area contributed by atoms with Gasteiger partial charge in [0.05, 0.1) is 5.56 Å². The van der Waals surface area contributed by atoms with Crippen molar-refractivity contribution < 1.29 is 17.6 Å². The lowest BCUT2D eigenvalue weighted by Gasteiger charge is -2.15. The van der Waals surface area contributed by atoms with Gasteiger partial charge in [-0.2, -0.15) is 13.2 Å². The molecule has 0 aromatic heterocycles. The minimum Gasteiger partial charge on any atom is -0.356 e. The van der Waals surface area contributed by atoms with Crippen LogP contribution in [0.25, 0.3) is 0 Å². The van der Waals surface area contributed by atoms with Crippen LogP contribution in [0.2, 0.25) is 0 Å². The third kappa shape index (κ3) is 4.61. The Morgan fingerprint density at radius 1 is 1.29 bits per heavy atom. The van der Waals surface area contributed by atoms with Crippen LogP contribution in [0.3, 0.4) is 0 Å². The maximum Gasteiger partial charge on any atom is 0.416 e. The fourth-order valence-electron chi connectivity index (χ4n) is 1.93. The van der Waals surface area contributed by atoms with Crippen molar-refractivity contribution in [3.05, 3.63) is 35.1 Å². The molecule has 3 nitrogen and oxygen atoms in total. The van der Waals surface area contributed by atoms with Crippen LogP contribution in [0, 0.1) is 11.7 Å². The molecule has 1 saturated carbocycles. The molecule has 1 aliphatic carbocycles. The molecule has 0 unspecified atom stereocenters. The zero-order chi connectivity index (χ0) is 15.5. The van der Waals surface area contributed by atoms with Crippen LogP contribution in [0.15, 0.2) is 23.2 Å². The molecule has 0 bridgehead atoms. The summed E-state index contributed by atoms with van der Waals surface area (Å²) in [5.74, 6) is 0.168. The molecule has 7 heteroatoms. The van der Waals surface area contributed by atoms with Crippen molar-refractivity contribution in [2.45, 2.75) is 25.6 Å². The van der Waals surface area contributed by atoms with Gasteiger partial charge in [0.1, 0.15) is 5.82 Å². The van der Waals surface area contributed by atoms with Gasteiger partial charge in [-0.15, -0.1) is 0 Å². The number of nitrogens with one attached hydrogen (secondary N) is 2. The van der Waals surface area contributed by atoms with E-state index >= 15 is 0 Å². The highest BCUT2D eigenvalue weighted by Gasteiger charge is 2.33. The standard InChI is InChI=1S/C14H17F4N3/c1-19-13(20-7-9-2-3-9)21-8-10-4-5-11(15)6-12(10)14(16,17)18/h4-6,9H,2-3,7-8H2,1H3,(H2,19,20,21). The summed E-state index contributed by atoms with van der Waals surface area (Å²) in [7, 11) is 1.55. The molecule has 0 saturated heterocycles. The number of alkyl halides is 3. The van der Waals surface area contributed by atoms with Gasteiger partial charge in [-0.3, -0.25) is 4.99 Å². The summed E-state index contributed by atoms with van der Waals surface area (Å²) in [6, 6.07) is 2.67. The Kier molecular flexibility index (Phi) is 4.69. The van der Waals surface area contributed by atoms with Gasteiger partial charge >= 0.3 is 6.18 Å². The van der Waals surface area contributed by atoms with Crippen LogP contribution in [0.1, 0.15) is 24.0 Å². The predicted molar refractivity (Wildman–Crippen MR) is 72.3 cm³/mol. The van der Waals surface area contributed by atoms with E-state index in [1.165, 1.54) is 12.8 Å². The third-order valence-corrected chi connectivity index (χ3v) is 3.30. The summed E-state index contributed by atoms with van der Waals surface area (Å²) < 4.78 is 51.6. The Labute approximate surface area is 120 Å². The quantitative estimate of drug-likeness (QED) is 0.510. The molecule has 0 amide bonds. The summed E-state index contributed by atoms with van der Waals surface area (Å²) >= 11 is 0. The molecule has 1 aromatic rings. The number of nitrogens with zero attached hydrogens (tertiary/aromatic N) is 1. The highest BCUT2D eigenvalue weighted by atomic mass is 19.4. The molecule has 1 aromatic carbocycles. The number of hydrogen-bond donors (Lipinski definition) is 2. The van der Waals surface area contributed by atoms with E-state index in [2.05, 4.69) is 15.6 Å². The van der Waals surface area contributed by atoms with Crippen molar-refractivity contribution in [3.63, 3.8) is 0 Å². The molecule has 0 atom stereocenters. The zero-order valence-electron chi connectivity index (χ0n) is 11.6. The first-order valence-corrected chi connectivity index (χ1v) is 6.70. The fourth-order valence-corrected chi connectivity index (χ4v) is 1.93. The van der Waals surface area contributed by atoms with Gasteiger partial charge in [0.15, 0.2) is 5.96 Å². The highest BCUT2D eigenvalue weighted by Crippen LogP contribution is 2.32. The van der Waals surface area contributed by atoms with Gasteiger partial charge in [-0.25, -0.2) is 4.39 Å². The largest absolute Gasteiger partial charge is 0.416 e. The average Bonchev–Trinajstić information content (AvgIpc) is 3.23. The number of guanidine groups is 1. The molecule has 2 rings (SSSR count). The van der Waals surface area contributed by atoms with Gasteiger partial charge in [-0.05, 0) is 36.5 Å². The van der Waals surface area contributed by atoms with E-state index in [0.29, 0.717) is 17.9 Å². The van der Waals surface area contributed by atoms with Gasteiger partial charge in [0.2, 0.25) is 0 Å². The van der Waals surface area contributed by atoms with E-state index in [0.717, 1.165) is 18.7 Å². The number of benzene rings is 1. The smallest absolute Gasteiger partial charge is 0.356 e. The Balaban J connectivity index is 2.01. The Hall–Kier alpha value is -1.79. The lowest BCUT2D eigenvalue weighted by atomic mass is 10.1. The minimum absolute atomic E-state index is 0.0155. The summed E-state index contributed by atoms with van der Waals surface area (Å²) in [6.07, 6.45) is -2.25. The lowest BCUT2D eigenvalue weighted by Crippen LogP contribution is -2.38. The molecule has 0 aliphatic heterocycles. The van der Waals surface area contributed by atoms with Crippen LogP contribution >= 0.6 is 0 Å². The van der Waals surface area contributed by atoms with E-state index in [1.807, 2.05) is 0 Å². The Bertz CT molecular complexity index is 521. The first-order chi connectivity index (χ1) is 9.90. The Morgan fingerprint density at radius 2 is 2.00 bits per heavy atom. The predicted octanol–water partition coefficient (Wildman–Crippen LogP) is 2.92. The van der Waals surface area contributed by atoms with Crippen molar-refractivity contribution >= 4 is 5.96 Å². The molecule has 2 N–H and O–H groups in total. The zero-order valence-corrected chi connectivity index (χ0v) is 11.6. The summed E-state index contributed by atoms with van der Waals surface area (Å²) in [5, 5.41) is 5.87.